The van der Waals surface area contributed by atoms with E-state index in [-0.39, 0.29) is 36.6 Å². The Kier molecular flexibility index (Phi) is 6.17. The lowest BCUT2D eigenvalue weighted by molar-refractivity contribution is -0.385. The maximum absolute atomic E-state index is 12.9. The van der Waals surface area contributed by atoms with Crippen molar-refractivity contribution < 1.29 is 34.2 Å². The molecule has 0 saturated carbocycles. The molecule has 0 unspecified atom stereocenters. The van der Waals surface area contributed by atoms with Crippen LogP contribution in [0.4, 0.5) is 5.69 Å². The molecule has 1 aliphatic rings. The minimum Gasteiger partial charge on any atom is -0.548 e. The summed E-state index contributed by atoms with van der Waals surface area (Å²) >= 11 is 0. The van der Waals surface area contributed by atoms with Gasteiger partial charge in [0.15, 0.2) is 11.5 Å². The molecule has 10 nitrogen and oxygen atoms in total. The summed E-state index contributed by atoms with van der Waals surface area (Å²) in [6, 6.07) is 9.93. The van der Waals surface area contributed by atoms with E-state index in [0.717, 1.165) is 22.6 Å². The molecular formula is C20H19N2O8-. The van der Waals surface area contributed by atoms with E-state index in [4.69, 9.17) is 9.47 Å². The van der Waals surface area contributed by atoms with Crippen LogP contribution < -0.4 is 14.6 Å². The molecule has 1 heterocycles. The molecule has 2 aromatic rings. The number of nitro groups is 1. The summed E-state index contributed by atoms with van der Waals surface area (Å²) in [5, 5.41) is 32.7. The number of hydrogen-bond donors (Lipinski definition) is 1. The van der Waals surface area contributed by atoms with E-state index >= 15 is 0 Å². The average molecular weight is 415 g/mol. The number of nitro benzene ring substituents is 1. The molecule has 158 valence electrons. The van der Waals surface area contributed by atoms with Gasteiger partial charge in [0.25, 0.3) is 11.6 Å². The standard InChI is InChI=1S/C20H20N2O8/c1-29-17-8-14(19(24)21-10-13(23)7-16(21)20(25)26)15(22(27)28)9-18(17)30-11-12-5-3-2-4-6-12/h2-6,8-9,13,16,23H,7,10-11H2,1H3,(H,25,26)/p-1/t13-,16+/m1/s1. The minimum absolute atomic E-state index is 0.0579. The Morgan fingerprint density at radius 2 is 1.93 bits per heavy atom. The fourth-order valence-electron chi connectivity index (χ4n) is 3.30. The quantitative estimate of drug-likeness (QED) is 0.509. The Morgan fingerprint density at radius 3 is 2.53 bits per heavy atom. The number of amides is 1. The molecule has 2 aromatic carbocycles. The number of nitrogens with zero attached hydrogens (tertiary/aromatic N) is 2. The highest BCUT2D eigenvalue weighted by Gasteiger charge is 2.38. The highest BCUT2D eigenvalue weighted by molar-refractivity contribution is 6.01. The third kappa shape index (κ3) is 4.33. The highest BCUT2D eigenvalue weighted by Crippen LogP contribution is 2.36. The van der Waals surface area contributed by atoms with Gasteiger partial charge >= 0.3 is 0 Å². The second-order valence-corrected chi connectivity index (χ2v) is 6.73. The molecule has 2 atom stereocenters. The van der Waals surface area contributed by atoms with Gasteiger partial charge in [-0.3, -0.25) is 14.9 Å². The predicted octanol–water partition coefficient (Wildman–Crippen LogP) is 0.508. The molecule has 3 rings (SSSR count). The molecule has 1 fully saturated rings. The Balaban J connectivity index is 1.95. The molecule has 1 aliphatic heterocycles. The topological polar surface area (TPSA) is 142 Å². The molecule has 0 radical (unpaired) electrons. The van der Waals surface area contributed by atoms with E-state index in [1.807, 2.05) is 30.3 Å². The van der Waals surface area contributed by atoms with Crippen LogP contribution in [-0.2, 0) is 11.4 Å². The molecular weight excluding hydrogens is 396 g/mol. The first-order valence-corrected chi connectivity index (χ1v) is 9.04. The van der Waals surface area contributed by atoms with E-state index in [0.29, 0.717) is 0 Å². The third-order valence-electron chi connectivity index (χ3n) is 4.76. The van der Waals surface area contributed by atoms with Crippen molar-refractivity contribution in [1.29, 1.82) is 0 Å². The van der Waals surface area contributed by atoms with Crippen molar-refractivity contribution in [1.82, 2.24) is 4.90 Å². The van der Waals surface area contributed by atoms with Gasteiger partial charge < -0.3 is 29.4 Å². The Labute approximate surface area is 171 Å². The van der Waals surface area contributed by atoms with Crippen LogP contribution in [0, 0.1) is 10.1 Å². The normalized spacial score (nSPS) is 18.1. The number of aliphatic hydroxyl groups excluding tert-OH is 1. The summed E-state index contributed by atoms with van der Waals surface area (Å²) in [6.07, 6.45) is -1.27. The smallest absolute Gasteiger partial charge is 0.286 e. The Hall–Kier alpha value is -3.66. The minimum atomic E-state index is -1.54. The lowest BCUT2D eigenvalue weighted by atomic mass is 10.1. The van der Waals surface area contributed by atoms with E-state index in [9.17, 15) is 29.9 Å². The molecule has 0 aromatic heterocycles. The number of methoxy groups -OCH3 is 1. The van der Waals surface area contributed by atoms with Gasteiger partial charge in [0, 0.05) is 19.0 Å². The van der Waals surface area contributed by atoms with E-state index < -0.39 is 34.6 Å². The second kappa shape index (κ2) is 8.78. The molecule has 0 aliphatic carbocycles. The van der Waals surface area contributed by atoms with Crippen LogP contribution in [0.5, 0.6) is 11.5 Å². The number of carboxylic acids is 1. The molecule has 0 bridgehead atoms. The number of carbonyl (C=O) groups excluding carboxylic acids is 2. The molecule has 1 amide bonds. The van der Waals surface area contributed by atoms with Crippen molar-refractivity contribution in [2.45, 2.75) is 25.2 Å². The summed E-state index contributed by atoms with van der Waals surface area (Å²) < 4.78 is 10.9. The second-order valence-electron chi connectivity index (χ2n) is 6.73. The van der Waals surface area contributed by atoms with Crippen LogP contribution >= 0.6 is 0 Å². The molecule has 10 heteroatoms. The zero-order valence-electron chi connectivity index (χ0n) is 16.0. The first-order valence-electron chi connectivity index (χ1n) is 9.04. The summed E-state index contributed by atoms with van der Waals surface area (Å²) in [4.78, 5) is 35.9. The number of ether oxygens (including phenoxy) is 2. The summed E-state index contributed by atoms with van der Waals surface area (Å²) in [5.74, 6) is -2.33. The maximum Gasteiger partial charge on any atom is 0.286 e. The average Bonchev–Trinajstić information content (AvgIpc) is 3.13. The number of rotatable bonds is 7. The number of likely N-dealkylation sites (tertiary alicyclic amines) is 1. The van der Waals surface area contributed by atoms with Crippen molar-refractivity contribution in [2.24, 2.45) is 0 Å². The zero-order valence-corrected chi connectivity index (χ0v) is 16.0. The van der Waals surface area contributed by atoms with Crippen molar-refractivity contribution >= 4 is 17.6 Å². The highest BCUT2D eigenvalue weighted by atomic mass is 16.6. The van der Waals surface area contributed by atoms with Crippen molar-refractivity contribution in [3.05, 3.63) is 63.7 Å². The number of hydrogen-bond acceptors (Lipinski definition) is 8. The monoisotopic (exact) mass is 415 g/mol. The number of carboxylic acid groups (broad SMARTS) is 1. The number of aliphatic hydroxyl groups is 1. The van der Waals surface area contributed by atoms with Crippen LogP contribution in [0.1, 0.15) is 22.3 Å². The van der Waals surface area contributed by atoms with Gasteiger partial charge in [0.1, 0.15) is 12.2 Å². The maximum atomic E-state index is 12.9. The van der Waals surface area contributed by atoms with Crippen molar-refractivity contribution in [3.63, 3.8) is 0 Å². The van der Waals surface area contributed by atoms with Crippen LogP contribution in [0.15, 0.2) is 42.5 Å². The Bertz CT molecular complexity index is 963. The zero-order chi connectivity index (χ0) is 21.8. The third-order valence-corrected chi connectivity index (χ3v) is 4.76. The molecule has 1 N–H and O–H groups in total. The lowest BCUT2D eigenvalue weighted by Crippen LogP contribution is -2.47. The number of β-amino-alcohol motifs (C(OH)–C–C–N with tert-alkyl or cyclic N) is 1. The molecule has 0 spiro atoms. The fraction of sp³-hybridized carbons (Fsp3) is 0.300. The van der Waals surface area contributed by atoms with Gasteiger partial charge in [-0.05, 0) is 5.56 Å². The molecule has 30 heavy (non-hydrogen) atoms. The predicted molar refractivity (Wildman–Crippen MR) is 101 cm³/mol. The molecule has 1 saturated heterocycles. The van der Waals surface area contributed by atoms with E-state index in [1.165, 1.54) is 7.11 Å². The van der Waals surface area contributed by atoms with E-state index in [2.05, 4.69) is 0 Å². The number of benzene rings is 2. The van der Waals surface area contributed by atoms with Crippen molar-refractivity contribution in [2.75, 3.05) is 13.7 Å². The van der Waals surface area contributed by atoms with Gasteiger partial charge in [-0.1, -0.05) is 30.3 Å². The largest absolute Gasteiger partial charge is 0.548 e. The Morgan fingerprint density at radius 1 is 1.23 bits per heavy atom. The van der Waals surface area contributed by atoms with E-state index in [1.54, 1.807) is 0 Å². The van der Waals surface area contributed by atoms with Gasteiger partial charge in [0.05, 0.1) is 36.2 Å². The first-order chi connectivity index (χ1) is 14.3. The lowest BCUT2D eigenvalue weighted by Gasteiger charge is -2.25. The van der Waals surface area contributed by atoms with Crippen LogP contribution in [0.25, 0.3) is 0 Å². The van der Waals surface area contributed by atoms with Gasteiger partial charge in [-0.15, -0.1) is 0 Å². The van der Waals surface area contributed by atoms with Gasteiger partial charge in [0.2, 0.25) is 0 Å². The van der Waals surface area contributed by atoms with Crippen molar-refractivity contribution in [3.8, 4) is 11.5 Å². The summed E-state index contributed by atoms with van der Waals surface area (Å²) in [7, 11) is 1.31. The van der Waals surface area contributed by atoms with Gasteiger partial charge in [-0.2, -0.15) is 0 Å². The summed E-state index contributed by atoms with van der Waals surface area (Å²) in [6.45, 7) is -0.157. The number of carbonyl (C=O) groups is 2. The summed E-state index contributed by atoms with van der Waals surface area (Å²) in [5.41, 5.74) is -0.114. The fourth-order valence-corrected chi connectivity index (χ4v) is 3.30. The van der Waals surface area contributed by atoms with Crippen LogP contribution in [0.2, 0.25) is 0 Å². The SMILES string of the molecule is COc1cc(C(=O)N2C[C@H](O)C[C@H]2C(=O)[O-])c([N+](=O)[O-])cc1OCc1ccccc1. The van der Waals surface area contributed by atoms with Crippen LogP contribution in [0.3, 0.4) is 0 Å². The van der Waals surface area contributed by atoms with Crippen LogP contribution in [-0.4, -0.2) is 52.6 Å². The number of aliphatic carboxylic acids is 1. The first kappa shape index (κ1) is 21.1. The van der Waals surface area contributed by atoms with Gasteiger partial charge in [-0.25, -0.2) is 0 Å².